The van der Waals surface area contributed by atoms with Crippen LogP contribution >= 0.6 is 0 Å². The highest BCUT2D eigenvalue weighted by Gasteiger charge is 2.30. The average molecular weight is 532 g/mol. The molecule has 1 atom stereocenters. The molecule has 1 heterocycles. The number of hydrogen-bond donors (Lipinski definition) is 1. The van der Waals surface area contributed by atoms with Gasteiger partial charge in [-0.05, 0) is 66.1 Å². The summed E-state index contributed by atoms with van der Waals surface area (Å²) in [6.07, 6.45) is -5.28. The number of ether oxygens (including phenoxy) is 2. The molecule has 39 heavy (non-hydrogen) atoms. The normalized spacial score (nSPS) is 12.4. The maximum Gasteiger partial charge on any atom is 0.416 e. The van der Waals surface area contributed by atoms with Crippen molar-refractivity contribution in [2.75, 3.05) is 6.61 Å². The number of fused-ring (bicyclic) bond motifs is 1. The van der Waals surface area contributed by atoms with Crippen molar-refractivity contribution in [3.63, 3.8) is 0 Å². The van der Waals surface area contributed by atoms with Crippen molar-refractivity contribution >= 4 is 10.9 Å². The molecule has 5 rings (SSSR count). The molecule has 0 saturated carbocycles. The van der Waals surface area contributed by atoms with Gasteiger partial charge in [0.1, 0.15) is 30.8 Å². The fraction of sp³-hybridized carbons (Fsp3) is 0.188. The number of alkyl halides is 3. The number of aromatic nitrogens is 1. The maximum atomic E-state index is 13.2. The quantitative estimate of drug-likeness (QED) is 0.212. The van der Waals surface area contributed by atoms with Gasteiger partial charge in [-0.25, -0.2) is 0 Å². The lowest BCUT2D eigenvalue weighted by atomic mass is 10.0. The molecule has 0 fully saturated rings. The van der Waals surface area contributed by atoms with E-state index >= 15 is 0 Å². The topological polar surface area (TPSA) is 43.6 Å². The first kappa shape index (κ1) is 26.4. The number of hydrogen-bond acceptors (Lipinski definition) is 3. The van der Waals surface area contributed by atoms with Gasteiger partial charge in [0, 0.05) is 10.9 Å². The van der Waals surface area contributed by atoms with Crippen LogP contribution in [0.25, 0.3) is 22.2 Å². The molecule has 4 aromatic carbocycles. The van der Waals surface area contributed by atoms with Gasteiger partial charge in [-0.15, -0.1) is 0 Å². The third-order valence-corrected chi connectivity index (χ3v) is 6.60. The summed E-state index contributed by atoms with van der Waals surface area (Å²) < 4.78 is 53.4. The second-order valence-corrected chi connectivity index (χ2v) is 9.39. The minimum atomic E-state index is -4.42. The lowest BCUT2D eigenvalue weighted by Crippen LogP contribution is -2.24. The Kier molecular flexibility index (Phi) is 7.61. The van der Waals surface area contributed by atoms with Crippen molar-refractivity contribution in [1.29, 1.82) is 0 Å². The van der Waals surface area contributed by atoms with Crippen LogP contribution in [0.3, 0.4) is 0 Å². The standard InChI is InChI=1S/C32H28F3NO3/c1-22-29-18-28(38-20-23-8-4-2-5-9-23)16-17-30(29)36(19-26(37)21-39-27-10-6-3-7-11-27)31(22)24-12-14-25(15-13-24)32(33,34)35/h2-18,26,37H,19-21H2,1H3. The van der Waals surface area contributed by atoms with E-state index in [4.69, 9.17) is 9.47 Å². The first-order chi connectivity index (χ1) is 18.8. The van der Waals surface area contributed by atoms with E-state index in [9.17, 15) is 18.3 Å². The smallest absolute Gasteiger partial charge is 0.416 e. The first-order valence-corrected chi connectivity index (χ1v) is 12.6. The van der Waals surface area contributed by atoms with Gasteiger partial charge in [0.15, 0.2) is 0 Å². The van der Waals surface area contributed by atoms with Crippen LogP contribution in [0.15, 0.2) is 103 Å². The molecule has 7 heteroatoms. The van der Waals surface area contributed by atoms with Crippen molar-refractivity contribution in [2.24, 2.45) is 0 Å². The fourth-order valence-corrected chi connectivity index (χ4v) is 4.68. The van der Waals surface area contributed by atoms with Crippen LogP contribution in [-0.2, 0) is 19.3 Å². The van der Waals surface area contributed by atoms with Crippen molar-refractivity contribution in [3.8, 4) is 22.8 Å². The number of nitrogens with zero attached hydrogens (tertiary/aromatic N) is 1. The van der Waals surface area contributed by atoms with E-state index in [0.29, 0.717) is 23.7 Å². The summed E-state index contributed by atoms with van der Waals surface area (Å²) in [7, 11) is 0. The van der Waals surface area contributed by atoms with Crippen molar-refractivity contribution in [1.82, 2.24) is 4.57 Å². The average Bonchev–Trinajstić information content (AvgIpc) is 3.21. The lowest BCUT2D eigenvalue weighted by Gasteiger charge is -2.17. The van der Waals surface area contributed by atoms with Crippen molar-refractivity contribution in [2.45, 2.75) is 32.4 Å². The lowest BCUT2D eigenvalue weighted by molar-refractivity contribution is -0.137. The molecular formula is C32H28F3NO3. The molecule has 0 aliphatic rings. The largest absolute Gasteiger partial charge is 0.491 e. The molecule has 4 nitrogen and oxygen atoms in total. The Morgan fingerprint density at radius 2 is 1.46 bits per heavy atom. The summed E-state index contributed by atoms with van der Waals surface area (Å²) in [6.45, 7) is 2.60. The van der Waals surface area contributed by atoms with Crippen LogP contribution in [0, 0.1) is 6.92 Å². The van der Waals surface area contributed by atoms with Crippen molar-refractivity contribution in [3.05, 3.63) is 120 Å². The second kappa shape index (κ2) is 11.3. The van der Waals surface area contributed by atoms with E-state index in [1.807, 2.05) is 90.4 Å². The highest BCUT2D eigenvalue weighted by molar-refractivity contribution is 5.92. The van der Waals surface area contributed by atoms with E-state index in [2.05, 4.69) is 0 Å². The third-order valence-electron chi connectivity index (χ3n) is 6.60. The molecule has 0 radical (unpaired) electrons. The van der Waals surface area contributed by atoms with E-state index < -0.39 is 17.8 Å². The maximum absolute atomic E-state index is 13.2. The molecule has 0 aliphatic carbocycles. The van der Waals surface area contributed by atoms with Gasteiger partial charge in [-0.1, -0.05) is 60.7 Å². The minimum absolute atomic E-state index is 0.0630. The van der Waals surface area contributed by atoms with Crippen LogP contribution in [-0.4, -0.2) is 22.4 Å². The van der Waals surface area contributed by atoms with Crippen molar-refractivity contribution < 1.29 is 27.8 Å². The van der Waals surface area contributed by atoms with E-state index in [1.54, 1.807) is 0 Å². The van der Waals surface area contributed by atoms with Gasteiger partial charge in [0.05, 0.1) is 17.8 Å². The fourth-order valence-electron chi connectivity index (χ4n) is 4.68. The summed E-state index contributed by atoms with van der Waals surface area (Å²) in [5.74, 6) is 1.33. The Balaban J connectivity index is 1.48. The number of aliphatic hydroxyl groups is 1. The highest BCUT2D eigenvalue weighted by atomic mass is 19.4. The predicted octanol–water partition coefficient (Wildman–Crippen LogP) is 7.65. The number of aliphatic hydroxyl groups excluding tert-OH is 1. The first-order valence-electron chi connectivity index (χ1n) is 12.6. The van der Waals surface area contributed by atoms with Crippen LogP contribution < -0.4 is 9.47 Å². The zero-order valence-electron chi connectivity index (χ0n) is 21.4. The highest BCUT2D eigenvalue weighted by Crippen LogP contribution is 2.37. The van der Waals surface area contributed by atoms with Crippen LogP contribution in [0.1, 0.15) is 16.7 Å². The monoisotopic (exact) mass is 531 g/mol. The predicted molar refractivity (Wildman–Crippen MR) is 146 cm³/mol. The number of benzene rings is 4. The second-order valence-electron chi connectivity index (χ2n) is 9.39. The Morgan fingerprint density at radius 3 is 2.13 bits per heavy atom. The van der Waals surface area contributed by atoms with Gasteiger partial charge < -0.3 is 19.1 Å². The molecule has 1 aromatic heterocycles. The van der Waals surface area contributed by atoms with Gasteiger partial charge in [0.2, 0.25) is 0 Å². The third kappa shape index (κ3) is 6.10. The van der Waals surface area contributed by atoms with E-state index in [-0.39, 0.29) is 13.2 Å². The number of para-hydroxylation sites is 1. The molecule has 0 saturated heterocycles. The zero-order valence-corrected chi connectivity index (χ0v) is 21.4. The summed E-state index contributed by atoms with van der Waals surface area (Å²) in [5.41, 5.74) is 3.41. The minimum Gasteiger partial charge on any atom is -0.491 e. The Labute approximate surface area is 224 Å². The number of rotatable bonds is 9. The summed E-state index contributed by atoms with van der Waals surface area (Å²) in [5, 5.41) is 11.8. The summed E-state index contributed by atoms with van der Waals surface area (Å²) >= 11 is 0. The summed E-state index contributed by atoms with van der Waals surface area (Å²) in [4.78, 5) is 0. The summed E-state index contributed by atoms with van der Waals surface area (Å²) in [6, 6.07) is 29.9. The SMILES string of the molecule is Cc1c(-c2ccc(C(F)(F)F)cc2)n(CC(O)COc2ccccc2)c2ccc(OCc3ccccc3)cc12. The van der Waals surface area contributed by atoms with Gasteiger partial charge in [-0.3, -0.25) is 0 Å². The molecule has 0 aliphatic heterocycles. The van der Waals surface area contributed by atoms with E-state index in [1.165, 1.54) is 12.1 Å². The van der Waals surface area contributed by atoms with E-state index in [0.717, 1.165) is 39.9 Å². The zero-order chi connectivity index (χ0) is 27.4. The Bertz CT molecular complexity index is 1530. The molecule has 5 aromatic rings. The Morgan fingerprint density at radius 1 is 0.795 bits per heavy atom. The molecule has 200 valence electrons. The van der Waals surface area contributed by atoms with Crippen LogP contribution in [0.5, 0.6) is 11.5 Å². The van der Waals surface area contributed by atoms with Gasteiger partial charge >= 0.3 is 6.18 Å². The van der Waals surface area contributed by atoms with Gasteiger partial charge in [-0.2, -0.15) is 13.2 Å². The van der Waals surface area contributed by atoms with Crippen LogP contribution in [0.4, 0.5) is 13.2 Å². The molecule has 0 bridgehead atoms. The molecule has 1 N–H and O–H groups in total. The van der Waals surface area contributed by atoms with Crippen LogP contribution in [0.2, 0.25) is 0 Å². The molecule has 0 amide bonds. The Hall–Kier alpha value is -4.23. The number of halogens is 3. The molecular weight excluding hydrogens is 503 g/mol. The molecule has 1 unspecified atom stereocenters. The van der Waals surface area contributed by atoms with Gasteiger partial charge in [0.25, 0.3) is 0 Å². The number of aryl methyl sites for hydroxylation is 1. The molecule has 0 spiro atoms.